The van der Waals surface area contributed by atoms with Crippen LogP contribution < -0.4 is 14.8 Å². The standard InChI is InChI=1S/C21H18Cl3NO2/c1-26-20-10-16(22)9-15(12-25-17-7-8-18(23)19(24)11-17)21(20)27-13-14-5-3-2-4-6-14/h2-11,25H,12-13H2,1H3. The van der Waals surface area contributed by atoms with Gasteiger partial charge < -0.3 is 14.8 Å². The zero-order valence-corrected chi connectivity index (χ0v) is 16.9. The van der Waals surface area contributed by atoms with Crippen molar-refractivity contribution >= 4 is 40.5 Å². The lowest BCUT2D eigenvalue weighted by atomic mass is 10.1. The zero-order chi connectivity index (χ0) is 19.2. The highest BCUT2D eigenvalue weighted by molar-refractivity contribution is 6.42. The zero-order valence-electron chi connectivity index (χ0n) is 14.6. The number of anilines is 1. The lowest BCUT2D eigenvalue weighted by Crippen LogP contribution is -2.05. The first-order valence-corrected chi connectivity index (χ1v) is 9.42. The van der Waals surface area contributed by atoms with Crippen molar-refractivity contribution in [2.45, 2.75) is 13.2 Å². The van der Waals surface area contributed by atoms with E-state index in [1.165, 1.54) is 0 Å². The molecule has 0 unspecified atom stereocenters. The van der Waals surface area contributed by atoms with Crippen molar-refractivity contribution in [2.24, 2.45) is 0 Å². The summed E-state index contributed by atoms with van der Waals surface area (Å²) in [5, 5.41) is 4.89. The van der Waals surface area contributed by atoms with E-state index in [1.807, 2.05) is 42.5 Å². The van der Waals surface area contributed by atoms with Crippen LogP contribution in [0.3, 0.4) is 0 Å². The van der Waals surface area contributed by atoms with Gasteiger partial charge in [-0.25, -0.2) is 0 Å². The molecular formula is C21H18Cl3NO2. The second-order valence-electron chi connectivity index (χ2n) is 5.85. The van der Waals surface area contributed by atoms with Gasteiger partial charge in [0, 0.05) is 28.9 Å². The number of ether oxygens (including phenoxy) is 2. The van der Waals surface area contributed by atoms with Crippen LogP contribution in [-0.2, 0) is 13.2 Å². The minimum Gasteiger partial charge on any atom is -0.493 e. The van der Waals surface area contributed by atoms with E-state index in [1.54, 1.807) is 25.3 Å². The fourth-order valence-corrected chi connectivity index (χ4v) is 3.13. The molecule has 3 aromatic carbocycles. The van der Waals surface area contributed by atoms with E-state index in [0.29, 0.717) is 39.7 Å². The summed E-state index contributed by atoms with van der Waals surface area (Å²) < 4.78 is 11.5. The number of rotatable bonds is 7. The van der Waals surface area contributed by atoms with Crippen molar-refractivity contribution < 1.29 is 9.47 Å². The van der Waals surface area contributed by atoms with E-state index < -0.39 is 0 Å². The normalized spacial score (nSPS) is 10.5. The Morgan fingerprint density at radius 2 is 1.67 bits per heavy atom. The first-order valence-electron chi connectivity index (χ1n) is 8.29. The van der Waals surface area contributed by atoms with Crippen LogP contribution in [0.15, 0.2) is 60.7 Å². The molecule has 6 heteroatoms. The van der Waals surface area contributed by atoms with Crippen molar-refractivity contribution in [1.82, 2.24) is 0 Å². The Kier molecular flexibility index (Phi) is 6.73. The summed E-state index contributed by atoms with van der Waals surface area (Å²) in [6, 6.07) is 18.9. The SMILES string of the molecule is COc1cc(Cl)cc(CNc2ccc(Cl)c(Cl)c2)c1OCc1ccccc1. The maximum Gasteiger partial charge on any atom is 0.166 e. The summed E-state index contributed by atoms with van der Waals surface area (Å²) in [5.41, 5.74) is 2.79. The van der Waals surface area contributed by atoms with Crippen LogP contribution in [0.1, 0.15) is 11.1 Å². The largest absolute Gasteiger partial charge is 0.493 e. The summed E-state index contributed by atoms with van der Waals surface area (Å²) in [6.45, 7) is 0.914. The van der Waals surface area contributed by atoms with Gasteiger partial charge in [0.1, 0.15) is 6.61 Å². The van der Waals surface area contributed by atoms with E-state index in [2.05, 4.69) is 5.32 Å². The molecule has 27 heavy (non-hydrogen) atoms. The average Bonchev–Trinajstić information content (AvgIpc) is 2.68. The average molecular weight is 423 g/mol. The Morgan fingerprint density at radius 1 is 0.889 bits per heavy atom. The molecule has 0 radical (unpaired) electrons. The molecule has 0 fully saturated rings. The number of benzene rings is 3. The van der Waals surface area contributed by atoms with E-state index in [0.717, 1.165) is 16.8 Å². The van der Waals surface area contributed by atoms with Crippen molar-refractivity contribution in [3.05, 3.63) is 86.9 Å². The predicted molar refractivity (Wildman–Crippen MR) is 113 cm³/mol. The molecule has 0 atom stereocenters. The van der Waals surface area contributed by atoms with E-state index in [9.17, 15) is 0 Å². The van der Waals surface area contributed by atoms with Crippen LogP contribution in [0.25, 0.3) is 0 Å². The number of nitrogens with one attached hydrogen (secondary N) is 1. The highest BCUT2D eigenvalue weighted by Gasteiger charge is 2.13. The molecule has 3 rings (SSSR count). The molecule has 0 aliphatic rings. The third-order valence-corrected chi connectivity index (χ3v) is 4.90. The smallest absolute Gasteiger partial charge is 0.166 e. The summed E-state index contributed by atoms with van der Waals surface area (Å²) in [4.78, 5) is 0. The molecule has 140 valence electrons. The molecule has 0 aliphatic carbocycles. The second kappa shape index (κ2) is 9.23. The Morgan fingerprint density at radius 3 is 2.37 bits per heavy atom. The van der Waals surface area contributed by atoms with Gasteiger partial charge in [0.15, 0.2) is 11.5 Å². The predicted octanol–water partition coefficient (Wildman–Crippen LogP) is 6.85. The number of halogens is 3. The topological polar surface area (TPSA) is 30.5 Å². The van der Waals surface area contributed by atoms with E-state index >= 15 is 0 Å². The Labute approximate surface area is 173 Å². The fourth-order valence-electron chi connectivity index (χ4n) is 2.60. The van der Waals surface area contributed by atoms with Crippen LogP contribution in [0.5, 0.6) is 11.5 Å². The van der Waals surface area contributed by atoms with Gasteiger partial charge in [0.05, 0.1) is 17.2 Å². The molecule has 0 spiro atoms. The van der Waals surface area contributed by atoms with Crippen LogP contribution in [0.2, 0.25) is 15.1 Å². The minimum atomic E-state index is 0.429. The molecular weight excluding hydrogens is 405 g/mol. The van der Waals surface area contributed by atoms with Gasteiger partial charge in [0.25, 0.3) is 0 Å². The first kappa shape index (κ1) is 19.7. The van der Waals surface area contributed by atoms with E-state index in [4.69, 9.17) is 44.3 Å². The number of hydrogen-bond donors (Lipinski definition) is 1. The quantitative estimate of drug-likeness (QED) is 0.452. The minimum absolute atomic E-state index is 0.429. The van der Waals surface area contributed by atoms with E-state index in [-0.39, 0.29) is 0 Å². The van der Waals surface area contributed by atoms with Crippen molar-refractivity contribution in [2.75, 3.05) is 12.4 Å². The van der Waals surface area contributed by atoms with Gasteiger partial charge in [-0.05, 0) is 29.8 Å². The Hall–Kier alpha value is -2.07. The summed E-state index contributed by atoms with van der Waals surface area (Å²) >= 11 is 18.3. The second-order valence-corrected chi connectivity index (χ2v) is 7.10. The molecule has 3 nitrogen and oxygen atoms in total. The molecule has 1 N–H and O–H groups in total. The highest BCUT2D eigenvalue weighted by atomic mass is 35.5. The third-order valence-electron chi connectivity index (χ3n) is 3.95. The molecule has 0 saturated carbocycles. The number of hydrogen-bond acceptors (Lipinski definition) is 3. The van der Waals surface area contributed by atoms with Gasteiger partial charge in [-0.3, -0.25) is 0 Å². The fraction of sp³-hybridized carbons (Fsp3) is 0.143. The highest BCUT2D eigenvalue weighted by Crippen LogP contribution is 2.36. The van der Waals surface area contributed by atoms with Crippen LogP contribution in [-0.4, -0.2) is 7.11 Å². The van der Waals surface area contributed by atoms with Gasteiger partial charge in [-0.1, -0.05) is 65.1 Å². The van der Waals surface area contributed by atoms with Crippen LogP contribution in [0, 0.1) is 0 Å². The number of methoxy groups -OCH3 is 1. The van der Waals surface area contributed by atoms with Gasteiger partial charge in [-0.15, -0.1) is 0 Å². The third kappa shape index (κ3) is 5.23. The van der Waals surface area contributed by atoms with Crippen molar-refractivity contribution in [3.63, 3.8) is 0 Å². The van der Waals surface area contributed by atoms with Crippen molar-refractivity contribution in [1.29, 1.82) is 0 Å². The molecule has 0 amide bonds. The maximum absolute atomic E-state index is 6.24. The first-order chi connectivity index (χ1) is 13.1. The Balaban J connectivity index is 1.81. The summed E-state index contributed by atoms with van der Waals surface area (Å²) in [6.07, 6.45) is 0. The molecule has 3 aromatic rings. The maximum atomic E-state index is 6.24. The monoisotopic (exact) mass is 421 g/mol. The molecule has 0 aromatic heterocycles. The molecule has 0 aliphatic heterocycles. The summed E-state index contributed by atoms with van der Waals surface area (Å²) in [7, 11) is 1.59. The molecule has 0 heterocycles. The van der Waals surface area contributed by atoms with Gasteiger partial charge >= 0.3 is 0 Å². The van der Waals surface area contributed by atoms with Gasteiger partial charge in [0.2, 0.25) is 0 Å². The van der Waals surface area contributed by atoms with Crippen LogP contribution in [0.4, 0.5) is 5.69 Å². The summed E-state index contributed by atoms with van der Waals surface area (Å²) in [5.74, 6) is 1.24. The van der Waals surface area contributed by atoms with Crippen molar-refractivity contribution in [3.8, 4) is 11.5 Å². The Bertz CT molecular complexity index is 917. The van der Waals surface area contributed by atoms with Gasteiger partial charge in [-0.2, -0.15) is 0 Å². The molecule has 0 bridgehead atoms. The lowest BCUT2D eigenvalue weighted by Gasteiger charge is -2.17. The van der Waals surface area contributed by atoms with Crippen LogP contribution >= 0.6 is 34.8 Å². The lowest BCUT2D eigenvalue weighted by molar-refractivity contribution is 0.281. The molecule has 0 saturated heterocycles.